The number of phenols is 1. The molecule has 14 heteroatoms. The van der Waals surface area contributed by atoms with Crippen molar-refractivity contribution in [2.24, 2.45) is 0 Å². The minimum absolute atomic E-state index is 0.0358. The topological polar surface area (TPSA) is 94.8 Å². The Morgan fingerprint density at radius 1 is 1.23 bits per heavy atom. The molecular formula is C34H31F6N5O3. The minimum atomic E-state index is -4.40. The van der Waals surface area contributed by atoms with Gasteiger partial charge in [0.15, 0.2) is 5.82 Å². The Hall–Kier alpha value is -4.61. The Morgan fingerprint density at radius 3 is 2.62 bits per heavy atom. The second-order valence-corrected chi connectivity index (χ2v) is 12.3. The Bertz CT molecular complexity index is 1960. The highest BCUT2D eigenvalue weighted by Gasteiger charge is 2.47. The molecule has 8 nitrogen and oxygen atoms in total. The highest BCUT2D eigenvalue weighted by atomic mass is 19.4. The van der Waals surface area contributed by atoms with Crippen LogP contribution < -0.4 is 9.64 Å². The van der Waals surface area contributed by atoms with Crippen molar-refractivity contribution >= 4 is 27.5 Å². The number of aliphatic hydroxyl groups excluding tert-OH is 1. The first-order valence-corrected chi connectivity index (χ1v) is 15.1. The third-order valence-corrected chi connectivity index (χ3v) is 8.99. The van der Waals surface area contributed by atoms with Gasteiger partial charge >= 0.3 is 12.2 Å². The molecule has 0 radical (unpaired) electrons. The van der Waals surface area contributed by atoms with Crippen LogP contribution >= 0.6 is 0 Å². The van der Waals surface area contributed by atoms with E-state index in [2.05, 4.69) is 32.4 Å². The molecule has 3 atom stereocenters. The maximum Gasteiger partial charge on any atom is 0.411 e. The molecule has 0 amide bonds. The first-order valence-electron chi connectivity index (χ1n) is 15.1. The van der Waals surface area contributed by atoms with E-state index in [1.165, 1.54) is 30.5 Å². The van der Waals surface area contributed by atoms with E-state index in [0.717, 1.165) is 37.9 Å². The molecule has 252 valence electrons. The summed E-state index contributed by atoms with van der Waals surface area (Å²) in [5, 5.41) is 18.7. The number of benzene rings is 2. The molecule has 2 aromatic heterocycles. The molecule has 4 aromatic rings. The standard InChI is InChI=1S/C32H28F3N5O2.C2H3F3O/c1-4-20-23(33)7-6-18-10-19(41)11-21(26(18)20)28-27(35)29-22(14-36-28)30(39(3)25-12-24(25)34)38-31(37-29)42-16-32-8-5-9-40(32)15-17(2)13-32;3-2(4,5)1-6/h1,6-7,10-11,14,24-25,41H,2,5,8-9,12-13,15-16H2,3H3;6H,1H2/t24-,25-,32?;/m0./s1. The lowest BCUT2D eigenvalue weighted by atomic mass is 9.94. The van der Waals surface area contributed by atoms with Gasteiger partial charge in [0, 0.05) is 37.2 Å². The summed E-state index contributed by atoms with van der Waals surface area (Å²) in [6.45, 7) is 4.51. The van der Waals surface area contributed by atoms with Gasteiger partial charge in [-0.3, -0.25) is 9.88 Å². The zero-order valence-corrected chi connectivity index (χ0v) is 25.8. The number of anilines is 1. The molecule has 0 spiro atoms. The number of hydrogen-bond acceptors (Lipinski definition) is 8. The van der Waals surface area contributed by atoms with Crippen LogP contribution in [0.3, 0.4) is 0 Å². The van der Waals surface area contributed by atoms with Crippen LogP contribution in [0.1, 0.15) is 31.2 Å². The Balaban J connectivity index is 0.000000615. The quantitative estimate of drug-likeness (QED) is 0.145. The van der Waals surface area contributed by atoms with Crippen molar-refractivity contribution in [2.75, 3.05) is 38.3 Å². The second kappa shape index (κ2) is 12.4. The van der Waals surface area contributed by atoms with Crippen molar-refractivity contribution in [3.05, 3.63) is 59.8 Å². The smallest absolute Gasteiger partial charge is 0.411 e. The van der Waals surface area contributed by atoms with Crippen LogP contribution in [0.2, 0.25) is 0 Å². The maximum atomic E-state index is 16.5. The Labute approximate surface area is 271 Å². The van der Waals surface area contributed by atoms with Gasteiger partial charge < -0.3 is 19.8 Å². The van der Waals surface area contributed by atoms with Gasteiger partial charge in [0.05, 0.1) is 22.5 Å². The SMILES string of the molecule is C#Cc1c(F)ccc2cc(O)cc(-c3ncc4c(N(C)[C@H]5C[C@@H]5F)nc(OCC56CCCN5CC(=C)C6)nc4c3F)c12.OCC(F)(F)F. The minimum Gasteiger partial charge on any atom is -0.508 e. The Morgan fingerprint density at radius 2 is 1.96 bits per heavy atom. The zero-order chi connectivity index (χ0) is 34.5. The largest absolute Gasteiger partial charge is 0.508 e. The molecule has 0 bridgehead atoms. The van der Waals surface area contributed by atoms with Crippen molar-refractivity contribution < 1.29 is 41.3 Å². The van der Waals surface area contributed by atoms with Crippen molar-refractivity contribution in [1.82, 2.24) is 19.9 Å². The summed E-state index contributed by atoms with van der Waals surface area (Å²) >= 11 is 0. The molecule has 3 aliphatic rings. The number of terminal acetylenes is 1. The first kappa shape index (κ1) is 33.3. The number of pyridine rings is 1. The van der Waals surface area contributed by atoms with E-state index in [1.807, 2.05) is 0 Å². The van der Waals surface area contributed by atoms with Gasteiger partial charge in [-0.2, -0.15) is 23.1 Å². The molecule has 48 heavy (non-hydrogen) atoms. The Kier molecular flexibility index (Phi) is 8.63. The van der Waals surface area contributed by atoms with Crippen molar-refractivity contribution in [2.45, 2.75) is 49.6 Å². The highest BCUT2D eigenvalue weighted by Crippen LogP contribution is 2.43. The number of fused-ring (bicyclic) bond motifs is 3. The fourth-order valence-corrected chi connectivity index (χ4v) is 6.65. The molecule has 7 rings (SSSR count). The van der Waals surface area contributed by atoms with E-state index in [1.54, 1.807) is 11.9 Å². The van der Waals surface area contributed by atoms with Gasteiger partial charge in [-0.15, -0.1) is 6.42 Å². The number of halogens is 6. The summed E-state index contributed by atoms with van der Waals surface area (Å²) in [5.74, 6) is 0.997. The molecule has 2 aliphatic heterocycles. The normalized spacial score (nSPS) is 21.9. The van der Waals surface area contributed by atoms with E-state index in [9.17, 15) is 27.1 Å². The number of phenolic OH excluding ortho intramolecular Hbond substituents is 1. The predicted octanol–water partition coefficient (Wildman–Crippen LogP) is 6.07. The second-order valence-electron chi connectivity index (χ2n) is 12.3. The lowest BCUT2D eigenvalue weighted by Crippen LogP contribution is -2.43. The molecule has 2 saturated heterocycles. The number of rotatable bonds is 6. The third kappa shape index (κ3) is 6.20. The van der Waals surface area contributed by atoms with Gasteiger partial charge in [0.1, 0.15) is 48.0 Å². The van der Waals surface area contributed by atoms with Crippen molar-refractivity contribution in [3.63, 3.8) is 0 Å². The fraction of sp³-hybridized carbons (Fsp3) is 0.382. The molecule has 3 fully saturated rings. The van der Waals surface area contributed by atoms with Crippen molar-refractivity contribution in [3.8, 4) is 35.4 Å². The fourth-order valence-electron chi connectivity index (χ4n) is 6.65. The predicted molar refractivity (Wildman–Crippen MR) is 167 cm³/mol. The lowest BCUT2D eigenvalue weighted by molar-refractivity contribution is -0.159. The van der Waals surface area contributed by atoms with E-state index in [4.69, 9.17) is 16.3 Å². The van der Waals surface area contributed by atoms with Gasteiger partial charge in [-0.1, -0.05) is 24.1 Å². The summed E-state index contributed by atoms with van der Waals surface area (Å²) in [7, 11) is 1.70. The number of alkyl halides is 4. The highest BCUT2D eigenvalue weighted by molar-refractivity contribution is 6.03. The van der Waals surface area contributed by atoms with Crippen LogP contribution in [0, 0.1) is 24.0 Å². The average molecular weight is 672 g/mol. The van der Waals surface area contributed by atoms with E-state index in [-0.39, 0.29) is 50.4 Å². The van der Waals surface area contributed by atoms with Gasteiger partial charge in [-0.25, -0.2) is 13.2 Å². The third-order valence-electron chi connectivity index (χ3n) is 8.99. The first-order chi connectivity index (χ1) is 22.7. The summed E-state index contributed by atoms with van der Waals surface area (Å²) in [4.78, 5) is 17.5. The van der Waals surface area contributed by atoms with Gasteiger partial charge in [0.25, 0.3) is 0 Å². The van der Waals surface area contributed by atoms with Crippen LogP contribution in [0.15, 0.2) is 42.6 Å². The zero-order valence-electron chi connectivity index (χ0n) is 25.8. The van der Waals surface area contributed by atoms with Gasteiger partial charge in [-0.05, 0) is 49.4 Å². The summed E-state index contributed by atoms with van der Waals surface area (Å²) in [5.41, 5.74) is 0.714. The van der Waals surface area contributed by atoms with E-state index in [0.29, 0.717) is 24.2 Å². The molecule has 2 N–H and O–H groups in total. The average Bonchev–Trinajstić information content (AvgIpc) is 3.52. The van der Waals surface area contributed by atoms with Crippen LogP contribution in [-0.4, -0.2) is 87.3 Å². The molecular weight excluding hydrogens is 640 g/mol. The molecule has 1 aliphatic carbocycles. The summed E-state index contributed by atoms with van der Waals surface area (Å²) in [6.07, 6.45) is 4.74. The van der Waals surface area contributed by atoms with Crippen LogP contribution in [0.4, 0.5) is 32.2 Å². The number of aromatic hydroxyl groups is 1. The van der Waals surface area contributed by atoms with Crippen molar-refractivity contribution in [1.29, 1.82) is 0 Å². The molecule has 4 heterocycles. The van der Waals surface area contributed by atoms with Crippen LogP contribution in [0.5, 0.6) is 11.8 Å². The summed E-state index contributed by atoms with van der Waals surface area (Å²) in [6, 6.07) is 4.94. The number of ether oxygens (including phenoxy) is 1. The molecule has 1 saturated carbocycles. The number of aromatic nitrogens is 3. The monoisotopic (exact) mass is 671 g/mol. The number of hydrogen-bond donors (Lipinski definition) is 2. The number of nitrogens with zero attached hydrogens (tertiary/aromatic N) is 5. The van der Waals surface area contributed by atoms with Crippen LogP contribution in [-0.2, 0) is 0 Å². The lowest BCUT2D eigenvalue weighted by Gasteiger charge is -2.31. The number of aliphatic hydroxyl groups is 1. The van der Waals surface area contributed by atoms with Gasteiger partial charge in [0.2, 0.25) is 0 Å². The maximum absolute atomic E-state index is 16.5. The van der Waals surface area contributed by atoms with E-state index >= 15 is 4.39 Å². The van der Waals surface area contributed by atoms with E-state index < -0.39 is 36.6 Å². The molecule has 1 unspecified atom stereocenters. The summed E-state index contributed by atoms with van der Waals surface area (Å²) < 4.78 is 83.1. The van der Waals surface area contributed by atoms with Crippen LogP contribution in [0.25, 0.3) is 32.9 Å². The molecule has 2 aromatic carbocycles.